The summed E-state index contributed by atoms with van der Waals surface area (Å²) < 4.78 is 5.24. The molecule has 0 aliphatic carbocycles. The van der Waals surface area contributed by atoms with Crippen molar-refractivity contribution in [3.05, 3.63) is 0 Å². The van der Waals surface area contributed by atoms with E-state index in [9.17, 15) is 9.59 Å². The van der Waals surface area contributed by atoms with Gasteiger partial charge in [0, 0.05) is 0 Å². The first-order valence-corrected chi connectivity index (χ1v) is 5.47. The number of aliphatic carboxylic acids is 1. The number of carbonyl (C=O) groups excluding carboxylic acids is 1. The van der Waals surface area contributed by atoms with Gasteiger partial charge in [0.05, 0.1) is 6.42 Å². The molecule has 0 aromatic carbocycles. The van der Waals surface area contributed by atoms with Crippen molar-refractivity contribution in [1.82, 2.24) is 5.32 Å². The number of rotatable bonds is 3. The van der Waals surface area contributed by atoms with Crippen LogP contribution in [0.2, 0.25) is 0 Å². The Balaban J connectivity index is 2.57. The van der Waals surface area contributed by atoms with Crippen LogP contribution >= 0.6 is 0 Å². The largest absolute Gasteiger partial charge is 0.481 e. The Morgan fingerprint density at radius 2 is 2.06 bits per heavy atom. The lowest BCUT2D eigenvalue weighted by Crippen LogP contribution is -2.41. The molecule has 1 aliphatic rings. The molecule has 1 saturated heterocycles. The van der Waals surface area contributed by atoms with E-state index in [1.54, 1.807) is 20.8 Å². The van der Waals surface area contributed by atoms with E-state index in [2.05, 4.69) is 5.32 Å². The van der Waals surface area contributed by atoms with E-state index in [1.807, 2.05) is 0 Å². The van der Waals surface area contributed by atoms with Gasteiger partial charge in [-0.15, -0.1) is 0 Å². The smallest absolute Gasteiger partial charge is 0.323 e. The topological polar surface area (TPSA) is 75.6 Å². The third kappa shape index (κ3) is 3.81. The number of carbonyl (C=O) groups is 2. The number of esters is 1. The van der Waals surface area contributed by atoms with E-state index < -0.39 is 17.6 Å². The molecular weight excluding hydrogens is 210 g/mol. The molecule has 1 unspecified atom stereocenters. The van der Waals surface area contributed by atoms with Gasteiger partial charge in [0.15, 0.2) is 0 Å². The molecule has 1 rings (SSSR count). The first-order valence-electron chi connectivity index (χ1n) is 5.47. The first-order chi connectivity index (χ1) is 7.29. The van der Waals surface area contributed by atoms with Gasteiger partial charge in [-0.3, -0.25) is 9.59 Å². The van der Waals surface area contributed by atoms with Crippen LogP contribution in [0.5, 0.6) is 0 Å². The Kier molecular flexibility index (Phi) is 3.91. The van der Waals surface area contributed by atoms with Gasteiger partial charge in [-0.2, -0.15) is 0 Å². The second-order valence-corrected chi connectivity index (χ2v) is 5.11. The first kappa shape index (κ1) is 13.0. The lowest BCUT2D eigenvalue weighted by atomic mass is 9.97. The monoisotopic (exact) mass is 229 g/mol. The average Bonchev–Trinajstić information content (AvgIpc) is 2.47. The van der Waals surface area contributed by atoms with Gasteiger partial charge in [-0.25, -0.2) is 0 Å². The highest BCUT2D eigenvalue weighted by Crippen LogP contribution is 2.22. The summed E-state index contributed by atoms with van der Waals surface area (Å²) in [5.74, 6) is -1.38. The minimum Gasteiger partial charge on any atom is -0.481 e. The predicted octanol–water partition coefficient (Wildman–Crippen LogP) is 0.781. The molecule has 1 fully saturated rings. The maximum Gasteiger partial charge on any atom is 0.323 e. The minimum absolute atomic E-state index is 0.0108. The highest BCUT2D eigenvalue weighted by Gasteiger charge is 2.36. The van der Waals surface area contributed by atoms with Gasteiger partial charge in [0.25, 0.3) is 0 Å². The summed E-state index contributed by atoms with van der Waals surface area (Å²) in [6, 6.07) is -0.477. The van der Waals surface area contributed by atoms with Crippen molar-refractivity contribution in [1.29, 1.82) is 0 Å². The van der Waals surface area contributed by atoms with Gasteiger partial charge >= 0.3 is 11.9 Å². The Morgan fingerprint density at radius 1 is 1.44 bits per heavy atom. The molecular formula is C11H19NO4. The van der Waals surface area contributed by atoms with Crippen LogP contribution in [0.15, 0.2) is 0 Å². The molecule has 16 heavy (non-hydrogen) atoms. The number of hydrogen-bond donors (Lipinski definition) is 2. The molecule has 0 spiro atoms. The van der Waals surface area contributed by atoms with Crippen LogP contribution in [0.25, 0.3) is 0 Å². The summed E-state index contributed by atoms with van der Waals surface area (Å²) in [6.07, 6.45) is 0.715. The van der Waals surface area contributed by atoms with Gasteiger partial charge in [0.1, 0.15) is 11.6 Å². The van der Waals surface area contributed by atoms with E-state index in [1.165, 1.54) is 0 Å². The zero-order valence-corrected chi connectivity index (χ0v) is 9.95. The van der Waals surface area contributed by atoms with Gasteiger partial charge < -0.3 is 15.2 Å². The molecule has 0 radical (unpaired) electrons. The van der Waals surface area contributed by atoms with Gasteiger partial charge in [-0.1, -0.05) is 0 Å². The molecule has 1 aliphatic heterocycles. The zero-order chi connectivity index (χ0) is 12.3. The van der Waals surface area contributed by atoms with Crippen LogP contribution < -0.4 is 5.32 Å². The van der Waals surface area contributed by atoms with Crippen LogP contribution in [-0.4, -0.2) is 35.2 Å². The molecule has 0 aromatic rings. The van der Waals surface area contributed by atoms with Crippen LogP contribution in [0, 0.1) is 5.92 Å². The summed E-state index contributed by atoms with van der Waals surface area (Å²) in [6.45, 7) is 6.06. The summed E-state index contributed by atoms with van der Waals surface area (Å²) in [5.41, 5.74) is -0.533. The fraction of sp³-hybridized carbons (Fsp3) is 0.818. The molecule has 5 heteroatoms. The standard InChI is InChI=1S/C11H19NO4/c1-11(2,3)16-10(15)9-7(4-5-12-9)6-8(13)14/h7,9,12H,4-6H2,1-3H3,(H,13,14)/t7-,9?/m0/s1. The number of carboxylic acid groups (broad SMARTS) is 1. The zero-order valence-electron chi connectivity index (χ0n) is 9.95. The summed E-state index contributed by atoms with van der Waals surface area (Å²) >= 11 is 0. The van der Waals surface area contributed by atoms with Crippen LogP contribution in [-0.2, 0) is 14.3 Å². The van der Waals surface area contributed by atoms with E-state index in [0.717, 1.165) is 0 Å². The fourth-order valence-electron chi connectivity index (χ4n) is 1.84. The van der Waals surface area contributed by atoms with Crippen molar-refractivity contribution in [2.45, 2.75) is 45.3 Å². The second-order valence-electron chi connectivity index (χ2n) is 5.11. The van der Waals surface area contributed by atoms with Crippen molar-refractivity contribution >= 4 is 11.9 Å². The second kappa shape index (κ2) is 4.82. The quantitative estimate of drug-likeness (QED) is 0.699. The molecule has 2 atom stereocenters. The molecule has 0 bridgehead atoms. The Bertz CT molecular complexity index is 282. The molecule has 2 N–H and O–H groups in total. The highest BCUT2D eigenvalue weighted by atomic mass is 16.6. The molecule has 5 nitrogen and oxygen atoms in total. The number of ether oxygens (including phenoxy) is 1. The molecule has 0 saturated carbocycles. The van der Waals surface area contributed by atoms with Crippen molar-refractivity contribution in [3.8, 4) is 0 Å². The Hall–Kier alpha value is -1.10. The van der Waals surface area contributed by atoms with Crippen LogP contribution in [0.3, 0.4) is 0 Å². The Morgan fingerprint density at radius 3 is 2.56 bits per heavy atom. The molecule has 0 amide bonds. The molecule has 92 valence electrons. The van der Waals surface area contributed by atoms with Crippen LogP contribution in [0.4, 0.5) is 0 Å². The predicted molar refractivity (Wildman–Crippen MR) is 58.0 cm³/mol. The third-order valence-electron chi connectivity index (χ3n) is 2.45. The lowest BCUT2D eigenvalue weighted by Gasteiger charge is -2.24. The third-order valence-corrected chi connectivity index (χ3v) is 2.45. The van der Waals surface area contributed by atoms with Gasteiger partial charge in [-0.05, 0) is 39.7 Å². The van der Waals surface area contributed by atoms with Crippen molar-refractivity contribution in [2.75, 3.05) is 6.54 Å². The lowest BCUT2D eigenvalue weighted by molar-refractivity contribution is -0.158. The minimum atomic E-state index is -0.873. The SMILES string of the molecule is CC(C)(C)OC(=O)C1NCC[C@H]1CC(=O)O. The number of nitrogens with one attached hydrogen (secondary N) is 1. The normalized spacial score (nSPS) is 25.4. The van der Waals surface area contributed by atoms with Gasteiger partial charge in [0.2, 0.25) is 0 Å². The number of carboxylic acids is 1. The summed E-state index contributed by atoms with van der Waals surface area (Å²) in [4.78, 5) is 22.4. The van der Waals surface area contributed by atoms with E-state index in [-0.39, 0.29) is 18.3 Å². The average molecular weight is 229 g/mol. The van der Waals surface area contributed by atoms with Crippen molar-refractivity contribution in [2.24, 2.45) is 5.92 Å². The van der Waals surface area contributed by atoms with E-state index >= 15 is 0 Å². The van der Waals surface area contributed by atoms with Crippen LogP contribution in [0.1, 0.15) is 33.6 Å². The summed E-state index contributed by atoms with van der Waals surface area (Å²) in [5, 5.41) is 11.7. The van der Waals surface area contributed by atoms with Crippen molar-refractivity contribution in [3.63, 3.8) is 0 Å². The van der Waals surface area contributed by atoms with E-state index in [4.69, 9.17) is 9.84 Å². The molecule has 0 aromatic heterocycles. The maximum atomic E-state index is 11.8. The van der Waals surface area contributed by atoms with Crippen molar-refractivity contribution < 1.29 is 19.4 Å². The highest BCUT2D eigenvalue weighted by molar-refractivity contribution is 5.78. The summed E-state index contributed by atoms with van der Waals surface area (Å²) in [7, 11) is 0. The number of hydrogen-bond acceptors (Lipinski definition) is 4. The van der Waals surface area contributed by atoms with E-state index in [0.29, 0.717) is 13.0 Å². The molecule has 1 heterocycles. The fourth-order valence-corrected chi connectivity index (χ4v) is 1.84. The Labute approximate surface area is 95.2 Å². The maximum absolute atomic E-state index is 11.8.